The lowest BCUT2D eigenvalue weighted by Crippen LogP contribution is -2.88. The molecule has 0 aliphatic heterocycles. The number of aryl methyl sites for hydroxylation is 1. The summed E-state index contributed by atoms with van der Waals surface area (Å²) in [6.07, 6.45) is 2.18. The van der Waals surface area contributed by atoms with Crippen LogP contribution in [0.25, 0.3) is 0 Å². The van der Waals surface area contributed by atoms with Crippen molar-refractivity contribution in [1.82, 2.24) is 5.32 Å². The first-order valence-corrected chi connectivity index (χ1v) is 10.0. The molecule has 1 saturated carbocycles. The van der Waals surface area contributed by atoms with Gasteiger partial charge >= 0.3 is 0 Å². The summed E-state index contributed by atoms with van der Waals surface area (Å²) in [4.78, 5) is 13.1. The Kier molecular flexibility index (Phi) is 5.54. The van der Waals surface area contributed by atoms with E-state index in [9.17, 15) is 4.79 Å². The number of nitrogens with one attached hydrogen (secondary N) is 1. The summed E-state index contributed by atoms with van der Waals surface area (Å²) in [6.45, 7) is 2.10. The molecule has 0 heterocycles. The van der Waals surface area contributed by atoms with Gasteiger partial charge in [-0.2, -0.15) is 0 Å². The number of benzene rings is 3. The molecule has 3 aromatic rings. The van der Waals surface area contributed by atoms with Crippen molar-refractivity contribution in [1.29, 1.82) is 0 Å². The fourth-order valence-electron chi connectivity index (χ4n) is 3.57. The molecule has 3 nitrogen and oxygen atoms in total. The van der Waals surface area contributed by atoms with Crippen LogP contribution in [0.15, 0.2) is 84.9 Å². The second-order valence-electron chi connectivity index (χ2n) is 7.66. The van der Waals surface area contributed by atoms with Crippen LogP contribution >= 0.6 is 0 Å². The van der Waals surface area contributed by atoms with Gasteiger partial charge in [-0.15, -0.1) is 0 Å². The normalized spacial score (nSPS) is 15.6. The second-order valence-corrected chi connectivity index (χ2v) is 7.66. The van der Waals surface area contributed by atoms with E-state index in [0.29, 0.717) is 6.04 Å². The molecule has 3 aromatic carbocycles. The highest BCUT2D eigenvalue weighted by molar-refractivity contribution is 5.82. The Morgan fingerprint density at radius 1 is 0.821 bits per heavy atom. The van der Waals surface area contributed by atoms with Crippen molar-refractivity contribution in [3.8, 4) is 0 Å². The summed E-state index contributed by atoms with van der Waals surface area (Å²) in [5.41, 5.74) is 4.68. The third kappa shape index (κ3) is 4.49. The van der Waals surface area contributed by atoms with Gasteiger partial charge in [-0.1, -0.05) is 90.5 Å². The Balaban J connectivity index is 1.69. The maximum atomic E-state index is 13.1. The van der Waals surface area contributed by atoms with E-state index in [0.717, 1.165) is 18.4 Å². The van der Waals surface area contributed by atoms with Gasteiger partial charge in [0.2, 0.25) is 0 Å². The first kappa shape index (κ1) is 18.5. The van der Waals surface area contributed by atoms with E-state index in [4.69, 9.17) is 0 Å². The molecule has 3 heteroatoms. The van der Waals surface area contributed by atoms with E-state index in [1.165, 1.54) is 16.7 Å². The number of carbonyl (C=O) groups excluding carboxylic acids is 1. The summed E-state index contributed by atoms with van der Waals surface area (Å²) in [6, 6.07) is 29.3. The highest BCUT2D eigenvalue weighted by Crippen LogP contribution is 2.23. The zero-order chi connectivity index (χ0) is 19.3. The van der Waals surface area contributed by atoms with Gasteiger partial charge in [0.1, 0.15) is 6.04 Å². The van der Waals surface area contributed by atoms with Crippen LogP contribution in [0.5, 0.6) is 0 Å². The molecule has 28 heavy (non-hydrogen) atoms. The van der Waals surface area contributed by atoms with Crippen LogP contribution in [0.4, 0.5) is 0 Å². The molecule has 3 N–H and O–H groups in total. The van der Waals surface area contributed by atoms with Crippen LogP contribution in [-0.2, 0) is 4.79 Å². The number of rotatable bonds is 7. The molecule has 0 bridgehead atoms. The van der Waals surface area contributed by atoms with E-state index in [1.54, 1.807) is 0 Å². The number of hydrogen-bond donors (Lipinski definition) is 2. The largest absolute Gasteiger partial charge is 0.348 e. The molecule has 1 fully saturated rings. The van der Waals surface area contributed by atoms with Gasteiger partial charge in [-0.25, -0.2) is 0 Å². The molecule has 2 atom stereocenters. The van der Waals surface area contributed by atoms with Gasteiger partial charge in [0.25, 0.3) is 5.91 Å². The average Bonchev–Trinajstić information content (AvgIpc) is 3.55. The molecule has 0 spiro atoms. The smallest absolute Gasteiger partial charge is 0.283 e. The van der Waals surface area contributed by atoms with Crippen molar-refractivity contribution in [2.75, 3.05) is 0 Å². The van der Waals surface area contributed by atoms with Crippen LogP contribution in [0.3, 0.4) is 0 Å². The van der Waals surface area contributed by atoms with Crippen molar-refractivity contribution in [2.24, 2.45) is 0 Å². The van der Waals surface area contributed by atoms with Crippen molar-refractivity contribution in [3.05, 3.63) is 107 Å². The molecule has 0 unspecified atom stereocenters. The van der Waals surface area contributed by atoms with E-state index in [1.807, 2.05) is 36.4 Å². The van der Waals surface area contributed by atoms with Crippen LogP contribution in [-0.4, -0.2) is 11.9 Å². The standard InChI is InChI=1S/C25H26N2O/c1-18-12-14-21(15-13-18)23(19-8-4-2-5-9-19)27-24(20-10-6-3-7-11-20)25(28)26-22-16-17-22/h2-15,22-24,27H,16-17H2,1H3,(H,26,28)/p+1/t23-,24-/m0/s1. The number of nitrogens with two attached hydrogens (primary N) is 1. The molecule has 0 aromatic heterocycles. The number of quaternary nitrogens is 1. The topological polar surface area (TPSA) is 45.7 Å². The maximum Gasteiger partial charge on any atom is 0.283 e. The van der Waals surface area contributed by atoms with Crippen LogP contribution in [0.1, 0.15) is 47.2 Å². The summed E-state index contributed by atoms with van der Waals surface area (Å²) in [7, 11) is 0. The molecule has 0 saturated heterocycles. The van der Waals surface area contributed by atoms with Crippen molar-refractivity contribution < 1.29 is 10.1 Å². The summed E-state index contributed by atoms with van der Waals surface area (Å²) < 4.78 is 0. The fourth-order valence-corrected chi connectivity index (χ4v) is 3.57. The van der Waals surface area contributed by atoms with Crippen molar-refractivity contribution in [2.45, 2.75) is 37.9 Å². The maximum absolute atomic E-state index is 13.1. The molecule has 0 radical (unpaired) electrons. The summed E-state index contributed by atoms with van der Waals surface area (Å²) >= 11 is 0. The minimum absolute atomic E-state index is 0.0527. The van der Waals surface area contributed by atoms with E-state index < -0.39 is 0 Å². The molecular weight excluding hydrogens is 344 g/mol. The molecular formula is C25H27N2O+. The SMILES string of the molecule is Cc1ccc([C@@H]([NH2+][C@H](C(=O)NC2CC2)c2ccccc2)c2ccccc2)cc1. The minimum Gasteiger partial charge on any atom is -0.348 e. The van der Waals surface area contributed by atoms with Gasteiger partial charge in [0, 0.05) is 22.7 Å². The first-order valence-electron chi connectivity index (χ1n) is 10.0. The van der Waals surface area contributed by atoms with E-state index in [2.05, 4.69) is 66.1 Å². The van der Waals surface area contributed by atoms with Crippen LogP contribution < -0.4 is 10.6 Å². The quantitative estimate of drug-likeness (QED) is 0.654. The Hall–Kier alpha value is -2.91. The molecule has 1 aliphatic rings. The predicted octanol–water partition coefficient (Wildman–Crippen LogP) is 3.67. The highest BCUT2D eigenvalue weighted by Gasteiger charge is 2.33. The third-order valence-electron chi connectivity index (χ3n) is 5.34. The molecule has 1 aliphatic carbocycles. The molecule has 4 rings (SSSR count). The lowest BCUT2D eigenvalue weighted by molar-refractivity contribution is -0.714. The fraction of sp³-hybridized carbons (Fsp3) is 0.240. The average molecular weight is 372 g/mol. The molecule has 1 amide bonds. The zero-order valence-electron chi connectivity index (χ0n) is 16.2. The van der Waals surface area contributed by atoms with Gasteiger partial charge < -0.3 is 10.6 Å². The van der Waals surface area contributed by atoms with E-state index in [-0.39, 0.29) is 18.0 Å². The highest BCUT2D eigenvalue weighted by atomic mass is 16.2. The van der Waals surface area contributed by atoms with Gasteiger partial charge in [-0.05, 0) is 19.8 Å². The summed E-state index contributed by atoms with van der Waals surface area (Å²) in [5, 5.41) is 5.40. The van der Waals surface area contributed by atoms with E-state index >= 15 is 0 Å². The van der Waals surface area contributed by atoms with Gasteiger partial charge in [0.05, 0.1) is 0 Å². The number of hydrogen-bond acceptors (Lipinski definition) is 1. The Bertz CT molecular complexity index is 902. The van der Waals surface area contributed by atoms with Crippen molar-refractivity contribution in [3.63, 3.8) is 0 Å². The minimum atomic E-state index is -0.284. The Labute approximate surface area is 166 Å². The zero-order valence-corrected chi connectivity index (χ0v) is 16.2. The number of carbonyl (C=O) groups is 1. The monoisotopic (exact) mass is 371 g/mol. The van der Waals surface area contributed by atoms with Crippen molar-refractivity contribution >= 4 is 5.91 Å². The summed E-state index contributed by atoms with van der Waals surface area (Å²) in [5.74, 6) is 0.0988. The van der Waals surface area contributed by atoms with Gasteiger partial charge in [0.15, 0.2) is 6.04 Å². The predicted molar refractivity (Wildman–Crippen MR) is 112 cm³/mol. The number of amides is 1. The van der Waals surface area contributed by atoms with Gasteiger partial charge in [-0.3, -0.25) is 4.79 Å². The second kappa shape index (κ2) is 8.41. The Morgan fingerprint density at radius 2 is 1.36 bits per heavy atom. The Morgan fingerprint density at radius 3 is 1.93 bits per heavy atom. The first-order chi connectivity index (χ1) is 13.7. The van der Waals surface area contributed by atoms with Crippen LogP contribution in [0.2, 0.25) is 0 Å². The van der Waals surface area contributed by atoms with Crippen LogP contribution in [0, 0.1) is 6.92 Å². The molecule has 142 valence electrons. The third-order valence-corrected chi connectivity index (χ3v) is 5.34. The lowest BCUT2D eigenvalue weighted by Gasteiger charge is -2.23. The lowest BCUT2D eigenvalue weighted by atomic mass is 9.95.